The summed E-state index contributed by atoms with van der Waals surface area (Å²) in [7, 11) is 0. The van der Waals surface area contributed by atoms with E-state index in [0.717, 1.165) is 0 Å². The van der Waals surface area contributed by atoms with Gasteiger partial charge in [0.1, 0.15) is 17.6 Å². The highest BCUT2D eigenvalue weighted by Crippen LogP contribution is 2.37. The van der Waals surface area contributed by atoms with Crippen molar-refractivity contribution in [2.24, 2.45) is 4.99 Å². The molecule has 16 heteroatoms. The molecule has 2 aromatic heterocycles. The Morgan fingerprint density at radius 3 is 2.61 bits per heavy atom. The second kappa shape index (κ2) is 14.6. The van der Waals surface area contributed by atoms with Crippen molar-refractivity contribution in [2.75, 3.05) is 44.2 Å². The Balaban J connectivity index is 1.09. The van der Waals surface area contributed by atoms with Crippen molar-refractivity contribution in [3.8, 4) is 11.6 Å². The summed E-state index contributed by atoms with van der Waals surface area (Å²) in [5, 5.41) is 15.0. The lowest BCUT2D eigenvalue weighted by molar-refractivity contribution is -0.139. The highest BCUT2D eigenvalue weighted by molar-refractivity contribution is 9.10. The quantitative estimate of drug-likeness (QED) is 0.199. The first kappa shape index (κ1) is 34.3. The Bertz CT molecular complexity index is 2030. The molecule has 2 fully saturated rings. The molecule has 7 rings (SSSR count). The number of aromatic carboxylic acids is 1. The standard InChI is InChI=1S/C35H31BrFN7O6S/c1-2-49-34(47)29-27(40-31(32-38-11-14-51-32)41-30(29)25-9-5-21(37)15-26(25)36)19-42-12-13-43-23(17-42)18-44(35(43)48)22-6-10-28(39-16-22)50-24-7-3-20(4-8-24)33(45)46/h3-11,14-16,23,30H,2,12-13,17-19H2,1H3,(H,40,41)(H,45,46)/t23-,30-/m0/s1. The summed E-state index contributed by atoms with van der Waals surface area (Å²) in [4.78, 5) is 57.7. The number of rotatable bonds is 10. The van der Waals surface area contributed by atoms with E-state index in [2.05, 4.69) is 36.1 Å². The van der Waals surface area contributed by atoms with Crippen LogP contribution in [-0.2, 0) is 9.53 Å². The summed E-state index contributed by atoms with van der Waals surface area (Å²) in [6.45, 7) is 4.24. The number of aliphatic imine (C=N–C) groups is 1. The van der Waals surface area contributed by atoms with Crippen molar-refractivity contribution >= 4 is 56.8 Å². The van der Waals surface area contributed by atoms with Gasteiger partial charge in [-0.05, 0) is 55.0 Å². The van der Waals surface area contributed by atoms with E-state index in [4.69, 9.17) is 19.6 Å². The monoisotopic (exact) mass is 775 g/mol. The van der Waals surface area contributed by atoms with Crippen LogP contribution in [0.2, 0.25) is 0 Å². The van der Waals surface area contributed by atoms with Crippen LogP contribution in [0.1, 0.15) is 33.9 Å². The lowest BCUT2D eigenvalue weighted by Gasteiger charge is -2.38. The number of anilines is 1. The summed E-state index contributed by atoms with van der Waals surface area (Å²) >= 11 is 4.88. The van der Waals surface area contributed by atoms with Gasteiger partial charge in [-0.2, -0.15) is 0 Å². The third kappa shape index (κ3) is 7.20. The molecule has 0 aliphatic carbocycles. The predicted octanol–water partition coefficient (Wildman–Crippen LogP) is 5.46. The van der Waals surface area contributed by atoms with Gasteiger partial charge in [0.15, 0.2) is 10.8 Å². The summed E-state index contributed by atoms with van der Waals surface area (Å²) in [6, 6.07) is 12.7. The number of amides is 2. The van der Waals surface area contributed by atoms with Gasteiger partial charge in [0.2, 0.25) is 5.88 Å². The average molecular weight is 777 g/mol. The molecule has 2 amide bonds. The molecule has 0 bridgehead atoms. The number of thiazole rings is 1. The van der Waals surface area contributed by atoms with Crippen molar-refractivity contribution in [1.82, 2.24) is 25.1 Å². The fourth-order valence-electron chi connectivity index (χ4n) is 6.30. The van der Waals surface area contributed by atoms with Crippen LogP contribution in [0.25, 0.3) is 0 Å². The van der Waals surface area contributed by atoms with Gasteiger partial charge in [-0.3, -0.25) is 14.8 Å². The molecule has 4 aromatic rings. The summed E-state index contributed by atoms with van der Waals surface area (Å²) in [6.07, 6.45) is 3.25. The zero-order chi connectivity index (χ0) is 35.6. The maximum atomic E-state index is 14.1. The number of carbonyl (C=O) groups is 3. The SMILES string of the molecule is CCOC(=O)C1=C(CN2CCN3C(=O)N(c4ccc(Oc5ccc(C(=O)O)cc5)nc4)C[C@@H]3C2)NC(c2nccs2)=N[C@H]1c1ccc(F)cc1Br. The number of ether oxygens (including phenoxy) is 2. The number of urea groups is 1. The molecule has 5 heterocycles. The molecule has 0 saturated carbocycles. The van der Waals surface area contributed by atoms with E-state index in [0.29, 0.717) is 82.2 Å². The third-order valence-electron chi connectivity index (χ3n) is 8.69. The van der Waals surface area contributed by atoms with Gasteiger partial charge < -0.3 is 24.8 Å². The van der Waals surface area contributed by atoms with E-state index < -0.39 is 23.8 Å². The average Bonchev–Trinajstić information content (AvgIpc) is 3.77. The second-order valence-electron chi connectivity index (χ2n) is 11.9. The molecule has 2 atom stereocenters. The first-order valence-electron chi connectivity index (χ1n) is 16.1. The number of aromatic nitrogens is 2. The van der Waals surface area contributed by atoms with Gasteiger partial charge in [-0.1, -0.05) is 22.0 Å². The van der Waals surface area contributed by atoms with Crippen molar-refractivity contribution in [3.63, 3.8) is 0 Å². The topological polar surface area (TPSA) is 150 Å². The number of carboxylic acid groups (broad SMARTS) is 1. The largest absolute Gasteiger partial charge is 0.478 e. The number of amidine groups is 1. The van der Waals surface area contributed by atoms with Crippen LogP contribution in [0.15, 0.2) is 93.1 Å². The Kier molecular flexibility index (Phi) is 9.79. The first-order valence-corrected chi connectivity index (χ1v) is 17.7. The molecule has 262 valence electrons. The summed E-state index contributed by atoms with van der Waals surface area (Å²) in [5.74, 6) is -0.746. The molecule has 13 nitrogen and oxygen atoms in total. The third-order valence-corrected chi connectivity index (χ3v) is 10.2. The highest BCUT2D eigenvalue weighted by atomic mass is 79.9. The zero-order valence-corrected chi connectivity index (χ0v) is 29.6. The number of nitrogens with one attached hydrogen (secondary N) is 1. The minimum atomic E-state index is -1.03. The van der Waals surface area contributed by atoms with Crippen LogP contribution in [-0.4, -0.2) is 94.1 Å². The molecule has 3 aliphatic heterocycles. The van der Waals surface area contributed by atoms with E-state index in [-0.39, 0.29) is 24.2 Å². The number of halogens is 2. The minimum absolute atomic E-state index is 0.124. The molecule has 2 aromatic carbocycles. The number of benzene rings is 2. The summed E-state index contributed by atoms with van der Waals surface area (Å²) in [5.41, 5.74) is 2.29. The van der Waals surface area contributed by atoms with Crippen LogP contribution >= 0.6 is 27.3 Å². The van der Waals surface area contributed by atoms with Gasteiger partial charge in [0.25, 0.3) is 0 Å². The zero-order valence-electron chi connectivity index (χ0n) is 27.2. The Hall–Kier alpha value is -5.19. The predicted molar refractivity (Wildman–Crippen MR) is 190 cm³/mol. The Morgan fingerprint density at radius 1 is 1.10 bits per heavy atom. The second-order valence-corrected chi connectivity index (χ2v) is 13.6. The molecular weight excluding hydrogens is 745 g/mol. The maximum Gasteiger partial charge on any atom is 0.338 e. The number of fused-ring (bicyclic) bond motifs is 1. The van der Waals surface area contributed by atoms with E-state index in [1.807, 2.05) is 10.3 Å². The van der Waals surface area contributed by atoms with Crippen LogP contribution in [0, 0.1) is 5.82 Å². The molecule has 2 saturated heterocycles. The normalized spacial score (nSPS) is 19.0. The molecular formula is C35H31BrFN7O6S. The van der Waals surface area contributed by atoms with Gasteiger partial charge in [-0.25, -0.2) is 28.7 Å². The molecule has 3 aliphatic rings. The lowest BCUT2D eigenvalue weighted by atomic mass is 9.95. The molecule has 0 radical (unpaired) electrons. The maximum absolute atomic E-state index is 14.1. The minimum Gasteiger partial charge on any atom is -0.478 e. The number of nitrogens with zero attached hydrogens (tertiary/aromatic N) is 6. The van der Waals surface area contributed by atoms with E-state index >= 15 is 0 Å². The number of pyridine rings is 1. The van der Waals surface area contributed by atoms with Gasteiger partial charge in [0.05, 0.1) is 35.7 Å². The summed E-state index contributed by atoms with van der Waals surface area (Å²) < 4.78 is 25.9. The number of piperazine rings is 1. The number of carboxylic acids is 1. The van der Waals surface area contributed by atoms with E-state index in [9.17, 15) is 18.8 Å². The number of hydrogen-bond donors (Lipinski definition) is 2. The fraction of sp³-hybridized carbons (Fsp3) is 0.257. The Labute approximate surface area is 304 Å². The van der Waals surface area contributed by atoms with Gasteiger partial charge >= 0.3 is 18.0 Å². The number of carbonyl (C=O) groups excluding carboxylic acids is 2. The number of esters is 1. The van der Waals surface area contributed by atoms with Crippen molar-refractivity contribution in [2.45, 2.75) is 19.0 Å². The van der Waals surface area contributed by atoms with Crippen LogP contribution in [0.4, 0.5) is 14.9 Å². The molecule has 2 N–H and O–H groups in total. The van der Waals surface area contributed by atoms with Crippen molar-refractivity contribution in [3.05, 3.63) is 110 Å². The van der Waals surface area contributed by atoms with E-state index in [1.54, 1.807) is 54.5 Å². The first-order chi connectivity index (χ1) is 24.7. The fourth-order valence-corrected chi connectivity index (χ4v) is 7.46. The van der Waals surface area contributed by atoms with Crippen LogP contribution < -0.4 is 15.0 Å². The van der Waals surface area contributed by atoms with Crippen LogP contribution in [0.3, 0.4) is 0 Å². The van der Waals surface area contributed by atoms with Crippen molar-refractivity contribution in [1.29, 1.82) is 0 Å². The van der Waals surface area contributed by atoms with Gasteiger partial charge in [0, 0.05) is 60.5 Å². The van der Waals surface area contributed by atoms with Gasteiger partial charge in [-0.15, -0.1) is 11.3 Å². The number of hydrogen-bond acceptors (Lipinski definition) is 11. The highest BCUT2D eigenvalue weighted by Gasteiger charge is 2.42. The van der Waals surface area contributed by atoms with E-state index in [1.165, 1.54) is 35.6 Å². The Morgan fingerprint density at radius 2 is 1.92 bits per heavy atom. The molecule has 0 spiro atoms. The van der Waals surface area contributed by atoms with Crippen molar-refractivity contribution < 1.29 is 33.4 Å². The molecule has 51 heavy (non-hydrogen) atoms. The smallest absolute Gasteiger partial charge is 0.338 e. The van der Waals surface area contributed by atoms with Crippen LogP contribution in [0.5, 0.6) is 11.6 Å². The lowest BCUT2D eigenvalue weighted by Crippen LogP contribution is -2.53. The molecule has 0 unspecified atom stereocenters.